The monoisotopic (exact) mass is 447 g/mol. The lowest BCUT2D eigenvalue weighted by atomic mass is 9.89. The van der Waals surface area contributed by atoms with Gasteiger partial charge in [0.2, 0.25) is 5.91 Å². The Hall–Kier alpha value is -2.82. The number of nitrogens with zero attached hydrogens (tertiary/aromatic N) is 3. The Bertz CT molecular complexity index is 1010. The number of hydrogen-bond donors (Lipinski definition) is 0. The van der Waals surface area contributed by atoms with Crippen molar-refractivity contribution in [1.29, 1.82) is 0 Å². The largest absolute Gasteiger partial charge is 0.501 e. The number of hydrogen-bond acceptors (Lipinski definition) is 3. The van der Waals surface area contributed by atoms with E-state index in [1.54, 1.807) is 7.11 Å². The Kier molecular flexibility index (Phi) is 7.69. The molecular weight excluding hydrogens is 410 g/mol. The van der Waals surface area contributed by atoms with Crippen molar-refractivity contribution in [2.24, 2.45) is 16.8 Å². The van der Waals surface area contributed by atoms with Crippen LogP contribution in [0.2, 0.25) is 0 Å². The molecule has 0 saturated carbocycles. The van der Waals surface area contributed by atoms with Gasteiger partial charge in [0.25, 0.3) is 0 Å². The second-order valence-electron chi connectivity index (χ2n) is 9.36. The Morgan fingerprint density at radius 2 is 2.09 bits per heavy atom. The maximum Gasteiger partial charge on any atom is 0.227 e. The van der Waals surface area contributed by atoms with Crippen LogP contribution >= 0.6 is 0 Å². The molecule has 1 aromatic heterocycles. The standard InChI is InChI=1S/C28H37N3O2/c1-4-23-17-22(8-5-7-21(23)2)18-28(32)30-15-12-25-9-6-14-31(25)26-10-11-27(33-3)20-24(19-26)29-13-16-30/h5-6,8-9,14,17,19-21,23H,4,7,10-13,15-16,18H2,1-3H3. The summed E-state index contributed by atoms with van der Waals surface area (Å²) in [5.74, 6) is 2.31. The zero-order valence-electron chi connectivity index (χ0n) is 20.3. The molecule has 0 spiro atoms. The fourth-order valence-electron chi connectivity index (χ4n) is 5.05. The smallest absolute Gasteiger partial charge is 0.227 e. The lowest BCUT2D eigenvalue weighted by molar-refractivity contribution is -0.130. The summed E-state index contributed by atoms with van der Waals surface area (Å²) < 4.78 is 7.82. The summed E-state index contributed by atoms with van der Waals surface area (Å²) in [6.07, 6.45) is 18.3. The van der Waals surface area contributed by atoms with E-state index < -0.39 is 0 Å². The molecule has 0 radical (unpaired) electrons. The van der Waals surface area contributed by atoms with Crippen molar-refractivity contribution in [2.45, 2.75) is 52.4 Å². The number of carbonyl (C=O) groups is 1. The van der Waals surface area contributed by atoms with Gasteiger partial charge in [0.05, 0.1) is 31.5 Å². The normalized spacial score (nSPS) is 23.7. The molecule has 0 saturated heterocycles. The number of fused-ring (bicyclic) bond motifs is 3. The van der Waals surface area contributed by atoms with Gasteiger partial charge in [0.15, 0.2) is 0 Å². The minimum Gasteiger partial charge on any atom is -0.501 e. The summed E-state index contributed by atoms with van der Waals surface area (Å²) in [6.45, 7) is 6.48. The lowest BCUT2D eigenvalue weighted by Crippen LogP contribution is -2.35. The van der Waals surface area contributed by atoms with E-state index in [-0.39, 0.29) is 5.91 Å². The van der Waals surface area contributed by atoms with Crippen molar-refractivity contribution in [1.82, 2.24) is 9.47 Å². The average Bonchev–Trinajstić information content (AvgIpc) is 3.06. The highest BCUT2D eigenvalue weighted by Gasteiger charge is 2.20. The van der Waals surface area contributed by atoms with Crippen LogP contribution in [0.25, 0.3) is 5.70 Å². The van der Waals surface area contributed by atoms with Crippen LogP contribution in [0, 0.1) is 11.8 Å². The molecule has 2 unspecified atom stereocenters. The first-order valence-corrected chi connectivity index (χ1v) is 12.4. The van der Waals surface area contributed by atoms with Gasteiger partial charge in [0.1, 0.15) is 0 Å². The fourth-order valence-corrected chi connectivity index (χ4v) is 5.05. The van der Waals surface area contributed by atoms with Gasteiger partial charge < -0.3 is 14.2 Å². The molecule has 0 fully saturated rings. The van der Waals surface area contributed by atoms with Crippen molar-refractivity contribution >= 4 is 17.3 Å². The number of rotatable bonds is 4. The third-order valence-electron chi connectivity index (χ3n) is 7.14. The second kappa shape index (κ2) is 10.9. The highest BCUT2D eigenvalue weighted by Crippen LogP contribution is 2.27. The molecule has 1 aromatic rings. The summed E-state index contributed by atoms with van der Waals surface area (Å²) in [4.78, 5) is 20.2. The van der Waals surface area contributed by atoms with Gasteiger partial charge in [-0.15, -0.1) is 0 Å². The topological polar surface area (TPSA) is 46.8 Å². The number of carbonyl (C=O) groups excluding carboxylic acids is 1. The van der Waals surface area contributed by atoms with E-state index in [9.17, 15) is 4.79 Å². The molecular formula is C28H37N3O2. The van der Waals surface area contributed by atoms with Crippen LogP contribution in [-0.4, -0.2) is 47.8 Å². The van der Waals surface area contributed by atoms with Gasteiger partial charge in [-0.25, -0.2) is 0 Å². The first kappa shape index (κ1) is 23.3. The minimum atomic E-state index is 0.192. The summed E-state index contributed by atoms with van der Waals surface area (Å²) in [5.41, 5.74) is 4.53. The van der Waals surface area contributed by atoms with Crippen LogP contribution in [0.3, 0.4) is 0 Å². The molecule has 3 aliphatic rings. The van der Waals surface area contributed by atoms with Gasteiger partial charge in [-0.05, 0) is 54.9 Å². The molecule has 4 rings (SSSR count). The lowest BCUT2D eigenvalue weighted by Gasteiger charge is -2.23. The number of aliphatic imine (C=N–C) groups is 1. The van der Waals surface area contributed by atoms with Gasteiger partial charge in [0, 0.05) is 49.6 Å². The first-order valence-electron chi connectivity index (χ1n) is 12.4. The van der Waals surface area contributed by atoms with Crippen molar-refractivity contribution < 1.29 is 9.53 Å². The Morgan fingerprint density at radius 3 is 2.91 bits per heavy atom. The first-order chi connectivity index (χ1) is 16.1. The van der Waals surface area contributed by atoms with Crippen LogP contribution in [0.4, 0.5) is 0 Å². The maximum atomic E-state index is 13.4. The van der Waals surface area contributed by atoms with Gasteiger partial charge in [-0.3, -0.25) is 9.79 Å². The summed E-state index contributed by atoms with van der Waals surface area (Å²) in [5, 5.41) is 0. The summed E-state index contributed by atoms with van der Waals surface area (Å²) >= 11 is 0. The predicted molar refractivity (Wildman–Crippen MR) is 135 cm³/mol. The number of ether oxygens (including phenoxy) is 1. The number of amides is 1. The van der Waals surface area contributed by atoms with Gasteiger partial charge in [-0.2, -0.15) is 0 Å². The summed E-state index contributed by atoms with van der Waals surface area (Å²) in [6, 6.07) is 4.26. The van der Waals surface area contributed by atoms with E-state index in [4.69, 9.17) is 9.73 Å². The van der Waals surface area contributed by atoms with Crippen molar-refractivity contribution in [3.63, 3.8) is 0 Å². The Morgan fingerprint density at radius 1 is 1.21 bits per heavy atom. The molecule has 2 aliphatic carbocycles. The highest BCUT2D eigenvalue weighted by molar-refractivity contribution is 6.07. The number of methoxy groups -OCH3 is 1. The number of aromatic nitrogens is 1. The molecule has 5 heteroatoms. The average molecular weight is 448 g/mol. The van der Waals surface area contributed by atoms with Crippen molar-refractivity contribution in [3.8, 4) is 0 Å². The molecule has 0 aromatic carbocycles. The van der Waals surface area contributed by atoms with E-state index in [1.165, 1.54) is 11.4 Å². The van der Waals surface area contributed by atoms with Crippen LogP contribution in [0.5, 0.6) is 0 Å². The molecule has 5 nitrogen and oxygen atoms in total. The van der Waals surface area contributed by atoms with E-state index >= 15 is 0 Å². The van der Waals surface area contributed by atoms with Gasteiger partial charge >= 0.3 is 0 Å². The van der Waals surface area contributed by atoms with Crippen LogP contribution in [0.1, 0.15) is 51.6 Å². The molecule has 2 atom stereocenters. The molecule has 2 heterocycles. The van der Waals surface area contributed by atoms with Crippen molar-refractivity contribution in [2.75, 3.05) is 26.7 Å². The third-order valence-corrected chi connectivity index (χ3v) is 7.14. The molecule has 2 bridgehead atoms. The molecule has 176 valence electrons. The van der Waals surface area contributed by atoms with E-state index in [0.717, 1.165) is 49.1 Å². The van der Waals surface area contributed by atoms with Crippen LogP contribution in [0.15, 0.2) is 65.0 Å². The molecule has 0 N–H and O–H groups in total. The van der Waals surface area contributed by atoms with E-state index in [1.807, 2.05) is 11.0 Å². The number of allylic oxidation sites excluding steroid dienone is 7. The molecule has 1 amide bonds. The van der Waals surface area contributed by atoms with Gasteiger partial charge in [-0.1, -0.05) is 32.1 Å². The maximum absolute atomic E-state index is 13.4. The Balaban J connectivity index is 1.55. The zero-order valence-corrected chi connectivity index (χ0v) is 20.3. The van der Waals surface area contributed by atoms with Crippen LogP contribution in [-0.2, 0) is 16.0 Å². The minimum absolute atomic E-state index is 0.192. The molecule has 33 heavy (non-hydrogen) atoms. The quantitative estimate of drug-likeness (QED) is 0.619. The Labute approximate surface area is 198 Å². The predicted octanol–water partition coefficient (Wildman–Crippen LogP) is 5.42. The fraction of sp³-hybridized carbons (Fsp3) is 0.500. The van der Waals surface area contributed by atoms with E-state index in [2.05, 4.69) is 61.0 Å². The second-order valence-corrected chi connectivity index (χ2v) is 9.36. The summed E-state index contributed by atoms with van der Waals surface area (Å²) in [7, 11) is 1.72. The zero-order chi connectivity index (χ0) is 23.2. The third kappa shape index (κ3) is 5.76. The van der Waals surface area contributed by atoms with Crippen LogP contribution < -0.4 is 0 Å². The van der Waals surface area contributed by atoms with Crippen molar-refractivity contribution in [3.05, 3.63) is 65.7 Å². The van der Waals surface area contributed by atoms with E-state index in [0.29, 0.717) is 37.9 Å². The SMILES string of the molecule is CCC1C=C(CC(=O)N2CCN=C3C=C(OC)CCC(=C3)n3cccc3CC2)C=CCC1C. The molecule has 1 aliphatic heterocycles. The highest BCUT2D eigenvalue weighted by atomic mass is 16.5.